The van der Waals surface area contributed by atoms with Crippen LogP contribution in [0.25, 0.3) is 0 Å². The molecular weight excluding hydrogens is 295 g/mol. The molecule has 1 aliphatic heterocycles. The third kappa shape index (κ3) is 3.02. The number of hydrogen-bond acceptors (Lipinski definition) is 3. The molecule has 2 aromatic rings. The van der Waals surface area contributed by atoms with E-state index in [1.54, 1.807) is 30.3 Å². The van der Waals surface area contributed by atoms with Crippen LogP contribution in [0.4, 0.5) is 10.1 Å². The number of para-hydroxylation sites is 2. The second-order valence-corrected chi connectivity index (χ2v) is 5.29. The van der Waals surface area contributed by atoms with Crippen LogP contribution in [0.15, 0.2) is 42.5 Å². The summed E-state index contributed by atoms with van der Waals surface area (Å²) in [7, 11) is 0. The summed E-state index contributed by atoms with van der Waals surface area (Å²) in [5.74, 6) is -0.356. The topological polar surface area (TPSA) is 53.3 Å². The molecule has 0 bridgehead atoms. The quantitative estimate of drug-likeness (QED) is 0.875. The van der Waals surface area contributed by atoms with Crippen LogP contribution < -0.4 is 9.64 Å². The van der Waals surface area contributed by atoms with Crippen molar-refractivity contribution in [2.75, 3.05) is 18.1 Å². The lowest BCUT2D eigenvalue weighted by molar-refractivity contribution is -0.120. The molecule has 0 aliphatic carbocycles. The molecule has 4 nitrogen and oxygen atoms in total. The predicted octanol–water partition coefficient (Wildman–Crippen LogP) is 3.06. The number of benzene rings is 2. The SMILES string of the molecule is N#Cc1ccccc1OCC(=O)N1CCCc2cccc(F)c21. The standard InChI is InChI=1S/C18H15FN2O2/c19-15-8-3-6-13-7-4-10-21(18(13)15)17(22)12-23-16-9-2-1-5-14(16)11-20/h1-3,5-6,8-9H,4,7,10,12H2. The predicted molar refractivity (Wildman–Crippen MR) is 83.7 cm³/mol. The molecule has 0 radical (unpaired) electrons. The Morgan fingerprint density at radius 2 is 2.09 bits per heavy atom. The van der Waals surface area contributed by atoms with Crippen molar-refractivity contribution in [1.29, 1.82) is 5.26 Å². The lowest BCUT2D eigenvalue weighted by Gasteiger charge is -2.29. The van der Waals surface area contributed by atoms with E-state index in [1.807, 2.05) is 12.1 Å². The average molecular weight is 310 g/mol. The van der Waals surface area contributed by atoms with Crippen LogP contribution in [-0.2, 0) is 11.2 Å². The van der Waals surface area contributed by atoms with Gasteiger partial charge in [0, 0.05) is 6.54 Å². The Bertz CT molecular complexity index is 783. The monoisotopic (exact) mass is 310 g/mol. The van der Waals surface area contributed by atoms with Gasteiger partial charge in [0.1, 0.15) is 17.6 Å². The number of nitriles is 1. The second kappa shape index (κ2) is 6.49. The highest BCUT2D eigenvalue weighted by atomic mass is 19.1. The smallest absolute Gasteiger partial charge is 0.265 e. The van der Waals surface area contributed by atoms with E-state index in [1.165, 1.54) is 11.0 Å². The van der Waals surface area contributed by atoms with E-state index in [9.17, 15) is 9.18 Å². The van der Waals surface area contributed by atoms with Gasteiger partial charge in [-0.1, -0.05) is 24.3 Å². The number of hydrogen-bond donors (Lipinski definition) is 0. The fourth-order valence-corrected chi connectivity index (χ4v) is 2.76. The Balaban J connectivity index is 1.77. The molecule has 0 aromatic heterocycles. The zero-order chi connectivity index (χ0) is 16.2. The first-order valence-electron chi connectivity index (χ1n) is 7.40. The van der Waals surface area contributed by atoms with Crippen molar-refractivity contribution in [2.45, 2.75) is 12.8 Å². The molecule has 0 saturated heterocycles. The summed E-state index contributed by atoms with van der Waals surface area (Å²) in [6, 6.07) is 13.6. The molecule has 0 atom stereocenters. The molecule has 5 heteroatoms. The van der Waals surface area contributed by atoms with Gasteiger partial charge in [-0.3, -0.25) is 4.79 Å². The fourth-order valence-electron chi connectivity index (χ4n) is 2.76. The Kier molecular flexibility index (Phi) is 4.24. The largest absolute Gasteiger partial charge is 0.482 e. The molecule has 0 saturated carbocycles. The van der Waals surface area contributed by atoms with E-state index in [0.717, 1.165) is 18.4 Å². The minimum Gasteiger partial charge on any atom is -0.482 e. The van der Waals surface area contributed by atoms with Crippen LogP contribution in [0.2, 0.25) is 0 Å². The number of nitrogens with zero attached hydrogens (tertiary/aromatic N) is 2. The van der Waals surface area contributed by atoms with Gasteiger partial charge in [-0.25, -0.2) is 4.39 Å². The van der Waals surface area contributed by atoms with Gasteiger partial charge in [0.15, 0.2) is 6.61 Å². The summed E-state index contributed by atoms with van der Waals surface area (Å²) in [6.07, 6.45) is 1.55. The first kappa shape index (κ1) is 15.0. The van der Waals surface area contributed by atoms with Crippen LogP contribution in [0.5, 0.6) is 5.75 Å². The number of carbonyl (C=O) groups excluding carboxylic acids is 1. The van der Waals surface area contributed by atoms with Crippen LogP contribution in [0, 0.1) is 17.1 Å². The fraction of sp³-hybridized carbons (Fsp3) is 0.222. The Morgan fingerprint density at radius 3 is 2.91 bits per heavy atom. The van der Waals surface area contributed by atoms with Gasteiger partial charge < -0.3 is 9.64 Å². The number of carbonyl (C=O) groups is 1. The van der Waals surface area contributed by atoms with Crippen molar-refractivity contribution in [3.63, 3.8) is 0 Å². The van der Waals surface area contributed by atoms with Gasteiger partial charge in [-0.15, -0.1) is 0 Å². The highest BCUT2D eigenvalue weighted by Crippen LogP contribution is 2.30. The van der Waals surface area contributed by atoms with E-state index < -0.39 is 5.82 Å². The van der Waals surface area contributed by atoms with Crippen LogP contribution in [0.3, 0.4) is 0 Å². The number of halogens is 1. The summed E-state index contributed by atoms with van der Waals surface area (Å²) in [4.78, 5) is 13.9. The van der Waals surface area contributed by atoms with Crippen LogP contribution in [-0.4, -0.2) is 19.1 Å². The average Bonchev–Trinajstić information content (AvgIpc) is 2.59. The van der Waals surface area contributed by atoms with E-state index in [0.29, 0.717) is 23.5 Å². The molecule has 1 aliphatic rings. The van der Waals surface area contributed by atoms with Gasteiger partial charge in [-0.05, 0) is 36.6 Å². The summed E-state index contributed by atoms with van der Waals surface area (Å²) < 4.78 is 19.5. The van der Waals surface area contributed by atoms with Crippen LogP contribution >= 0.6 is 0 Å². The number of ether oxygens (including phenoxy) is 1. The molecule has 0 spiro atoms. The van der Waals surface area contributed by atoms with Crippen LogP contribution in [0.1, 0.15) is 17.5 Å². The van der Waals surface area contributed by atoms with E-state index in [4.69, 9.17) is 10.00 Å². The van der Waals surface area contributed by atoms with Crippen molar-refractivity contribution in [3.05, 3.63) is 59.4 Å². The van der Waals surface area contributed by atoms with E-state index >= 15 is 0 Å². The van der Waals surface area contributed by atoms with Crippen molar-refractivity contribution < 1.29 is 13.9 Å². The zero-order valence-corrected chi connectivity index (χ0v) is 12.5. The molecule has 3 rings (SSSR count). The highest BCUT2D eigenvalue weighted by molar-refractivity contribution is 5.95. The van der Waals surface area contributed by atoms with E-state index in [-0.39, 0.29) is 12.5 Å². The summed E-state index contributed by atoms with van der Waals surface area (Å²) >= 11 is 0. The number of anilines is 1. The maximum Gasteiger partial charge on any atom is 0.265 e. The number of rotatable bonds is 3. The normalized spacial score (nSPS) is 13.1. The van der Waals surface area contributed by atoms with Gasteiger partial charge in [0.25, 0.3) is 5.91 Å². The molecular formula is C18H15FN2O2. The van der Waals surface area contributed by atoms with Gasteiger partial charge in [0.2, 0.25) is 0 Å². The lowest BCUT2D eigenvalue weighted by Crippen LogP contribution is -2.39. The number of amides is 1. The summed E-state index contributed by atoms with van der Waals surface area (Å²) in [5, 5.41) is 9.02. The third-order valence-electron chi connectivity index (χ3n) is 3.83. The maximum absolute atomic E-state index is 14.1. The van der Waals surface area contributed by atoms with E-state index in [2.05, 4.69) is 0 Å². The van der Waals surface area contributed by atoms with Crippen molar-refractivity contribution in [2.24, 2.45) is 0 Å². The van der Waals surface area contributed by atoms with Gasteiger partial charge in [0.05, 0.1) is 11.3 Å². The molecule has 0 fully saturated rings. The molecule has 116 valence electrons. The Hall–Kier alpha value is -2.87. The molecule has 1 amide bonds. The van der Waals surface area contributed by atoms with Gasteiger partial charge in [-0.2, -0.15) is 5.26 Å². The second-order valence-electron chi connectivity index (χ2n) is 5.29. The van der Waals surface area contributed by atoms with Gasteiger partial charge >= 0.3 is 0 Å². The molecule has 1 heterocycles. The number of fused-ring (bicyclic) bond motifs is 1. The Morgan fingerprint density at radius 1 is 1.26 bits per heavy atom. The highest BCUT2D eigenvalue weighted by Gasteiger charge is 2.25. The van der Waals surface area contributed by atoms with Crippen molar-refractivity contribution >= 4 is 11.6 Å². The third-order valence-corrected chi connectivity index (χ3v) is 3.83. The summed E-state index contributed by atoms with van der Waals surface area (Å²) in [5.41, 5.74) is 1.55. The lowest BCUT2D eigenvalue weighted by atomic mass is 10.0. The first-order valence-corrected chi connectivity index (χ1v) is 7.40. The zero-order valence-electron chi connectivity index (χ0n) is 12.5. The number of aryl methyl sites for hydroxylation is 1. The first-order chi connectivity index (χ1) is 11.2. The van der Waals surface area contributed by atoms with Crippen molar-refractivity contribution in [1.82, 2.24) is 0 Å². The molecule has 0 unspecified atom stereocenters. The molecule has 2 aromatic carbocycles. The Labute approximate surface area is 133 Å². The maximum atomic E-state index is 14.1. The molecule has 23 heavy (non-hydrogen) atoms. The minimum atomic E-state index is -0.395. The molecule has 0 N–H and O–H groups in total. The summed E-state index contributed by atoms with van der Waals surface area (Å²) in [6.45, 7) is 0.239. The van der Waals surface area contributed by atoms with Crippen molar-refractivity contribution in [3.8, 4) is 11.8 Å². The minimum absolute atomic E-state index is 0.230.